The maximum atomic E-state index is 13.7. The predicted octanol–water partition coefficient (Wildman–Crippen LogP) is 7.20. The van der Waals surface area contributed by atoms with Crippen LogP contribution >= 0.6 is 0 Å². The van der Waals surface area contributed by atoms with Gasteiger partial charge < -0.3 is 4.90 Å². The van der Waals surface area contributed by atoms with E-state index < -0.39 is 0 Å². The Morgan fingerprint density at radius 3 is 1.93 bits per heavy atom. The van der Waals surface area contributed by atoms with Crippen LogP contribution < -0.4 is 4.90 Å². The van der Waals surface area contributed by atoms with Crippen LogP contribution in [0, 0.1) is 5.41 Å². The summed E-state index contributed by atoms with van der Waals surface area (Å²) in [5, 5.41) is 0. The first-order valence-corrected chi connectivity index (χ1v) is 10.8. The number of nitrogens with zero attached hydrogens (tertiary/aromatic N) is 1. The topological polar surface area (TPSA) is 20.3 Å². The zero-order valence-electron chi connectivity index (χ0n) is 18.8. The lowest BCUT2D eigenvalue weighted by Crippen LogP contribution is -2.47. The van der Waals surface area contributed by atoms with E-state index in [1.54, 1.807) is 0 Å². The molecule has 150 valence electrons. The summed E-state index contributed by atoms with van der Waals surface area (Å²) in [5.41, 5.74) is 6.24. The van der Waals surface area contributed by atoms with Crippen LogP contribution in [0.1, 0.15) is 104 Å². The van der Waals surface area contributed by atoms with Gasteiger partial charge in [-0.1, -0.05) is 92.0 Å². The minimum atomic E-state index is 0.0206. The third-order valence-electron chi connectivity index (χ3n) is 5.85. The normalized spacial score (nSPS) is 17.4. The van der Waals surface area contributed by atoms with Crippen molar-refractivity contribution in [1.29, 1.82) is 0 Å². The molecule has 0 radical (unpaired) electrons. The maximum absolute atomic E-state index is 13.7. The molecule has 1 aliphatic rings. The van der Waals surface area contributed by atoms with Gasteiger partial charge in [0.15, 0.2) is 0 Å². The molecule has 2 heteroatoms. The molecular weight excluding hydrogens is 330 g/mol. The molecule has 0 fully saturated rings. The largest absolute Gasteiger partial charge is 0.307 e. The Labute approximate surface area is 167 Å². The molecule has 0 spiro atoms. The van der Waals surface area contributed by atoms with E-state index in [-0.39, 0.29) is 11.3 Å². The molecule has 2 nitrogen and oxygen atoms in total. The first-order valence-electron chi connectivity index (χ1n) is 10.8. The summed E-state index contributed by atoms with van der Waals surface area (Å²) in [6.07, 6.45) is 4.03. The number of hydrogen-bond acceptors (Lipinski definition) is 1. The third kappa shape index (κ3) is 4.31. The SMILES string of the molecule is CCCC1=C(CCC)C(C)(C)CN(c2c(C(C)C)cccc2C(C)C)C1=O. The van der Waals surface area contributed by atoms with Crippen LogP contribution in [0.25, 0.3) is 0 Å². The molecule has 0 aromatic heterocycles. The first-order chi connectivity index (χ1) is 12.7. The quantitative estimate of drug-likeness (QED) is 0.497. The van der Waals surface area contributed by atoms with Gasteiger partial charge in [-0.25, -0.2) is 0 Å². The Morgan fingerprint density at radius 2 is 1.48 bits per heavy atom. The van der Waals surface area contributed by atoms with Crippen LogP contribution in [0.4, 0.5) is 5.69 Å². The van der Waals surface area contributed by atoms with E-state index in [4.69, 9.17) is 0 Å². The summed E-state index contributed by atoms with van der Waals surface area (Å²) < 4.78 is 0. The summed E-state index contributed by atoms with van der Waals surface area (Å²) in [6, 6.07) is 6.56. The Bertz CT molecular complexity index is 683. The van der Waals surface area contributed by atoms with E-state index in [0.717, 1.165) is 37.8 Å². The maximum Gasteiger partial charge on any atom is 0.254 e. The second-order valence-corrected chi connectivity index (χ2v) is 9.33. The highest BCUT2D eigenvalue weighted by Crippen LogP contribution is 2.44. The van der Waals surface area contributed by atoms with Crippen molar-refractivity contribution in [3.8, 4) is 0 Å². The van der Waals surface area contributed by atoms with Gasteiger partial charge in [0.1, 0.15) is 0 Å². The minimum Gasteiger partial charge on any atom is -0.307 e. The van der Waals surface area contributed by atoms with Crippen LogP contribution in [0.5, 0.6) is 0 Å². The Kier molecular flexibility index (Phi) is 6.94. The van der Waals surface area contributed by atoms with Crippen LogP contribution in [-0.2, 0) is 4.79 Å². The molecule has 1 aromatic rings. The number of carbonyl (C=O) groups excluding carboxylic acids is 1. The van der Waals surface area contributed by atoms with Crippen molar-refractivity contribution in [2.45, 2.75) is 92.9 Å². The fourth-order valence-corrected chi connectivity index (χ4v) is 4.51. The zero-order valence-corrected chi connectivity index (χ0v) is 18.8. The number of para-hydroxylation sites is 1. The van der Waals surface area contributed by atoms with E-state index in [1.807, 2.05) is 0 Å². The minimum absolute atomic E-state index is 0.0206. The standard InChI is InChI=1S/C25H39NO/c1-9-12-21-22(13-10-2)25(7,8)16-26(24(21)27)23-19(17(3)4)14-11-15-20(23)18(5)6/h11,14-15,17-18H,9-10,12-13,16H2,1-8H3. The predicted molar refractivity (Wildman–Crippen MR) is 118 cm³/mol. The highest BCUT2D eigenvalue weighted by atomic mass is 16.2. The lowest BCUT2D eigenvalue weighted by Gasteiger charge is -2.43. The number of anilines is 1. The van der Waals surface area contributed by atoms with Gasteiger partial charge in [0, 0.05) is 17.5 Å². The van der Waals surface area contributed by atoms with Crippen molar-refractivity contribution in [2.75, 3.05) is 11.4 Å². The Balaban J connectivity index is 2.69. The van der Waals surface area contributed by atoms with Crippen LogP contribution in [0.2, 0.25) is 0 Å². The van der Waals surface area contributed by atoms with Crippen molar-refractivity contribution in [1.82, 2.24) is 0 Å². The van der Waals surface area contributed by atoms with Gasteiger partial charge in [-0.2, -0.15) is 0 Å². The Hall–Kier alpha value is -1.57. The molecule has 0 aliphatic carbocycles. The second kappa shape index (κ2) is 8.63. The Morgan fingerprint density at radius 1 is 0.963 bits per heavy atom. The summed E-state index contributed by atoms with van der Waals surface area (Å²) in [6.45, 7) is 18.7. The van der Waals surface area contributed by atoms with Gasteiger partial charge in [0.25, 0.3) is 5.91 Å². The second-order valence-electron chi connectivity index (χ2n) is 9.33. The van der Waals surface area contributed by atoms with E-state index in [9.17, 15) is 4.79 Å². The zero-order chi connectivity index (χ0) is 20.4. The fourth-order valence-electron chi connectivity index (χ4n) is 4.51. The molecule has 0 bridgehead atoms. The summed E-state index contributed by atoms with van der Waals surface area (Å²) in [7, 11) is 0. The van der Waals surface area contributed by atoms with Crippen molar-refractivity contribution in [2.24, 2.45) is 5.41 Å². The molecule has 1 amide bonds. The summed E-state index contributed by atoms with van der Waals surface area (Å²) in [5.74, 6) is 1.03. The van der Waals surface area contributed by atoms with E-state index >= 15 is 0 Å². The molecule has 1 heterocycles. The van der Waals surface area contributed by atoms with Gasteiger partial charge in [-0.15, -0.1) is 0 Å². The number of rotatable bonds is 7. The fraction of sp³-hybridized carbons (Fsp3) is 0.640. The molecule has 27 heavy (non-hydrogen) atoms. The average molecular weight is 370 g/mol. The average Bonchev–Trinajstić information content (AvgIpc) is 2.60. The molecule has 1 aliphatic heterocycles. The van der Waals surface area contributed by atoms with Gasteiger partial charge in [-0.05, 0) is 35.8 Å². The van der Waals surface area contributed by atoms with Crippen LogP contribution in [0.15, 0.2) is 29.3 Å². The van der Waals surface area contributed by atoms with Crippen molar-refractivity contribution >= 4 is 11.6 Å². The molecule has 0 N–H and O–H groups in total. The molecule has 0 saturated heterocycles. The highest BCUT2D eigenvalue weighted by molar-refractivity contribution is 6.08. The lowest BCUT2D eigenvalue weighted by atomic mass is 9.74. The van der Waals surface area contributed by atoms with Crippen molar-refractivity contribution in [3.05, 3.63) is 40.5 Å². The van der Waals surface area contributed by atoms with E-state index in [2.05, 4.69) is 78.5 Å². The molecule has 0 unspecified atom stereocenters. The van der Waals surface area contributed by atoms with E-state index in [0.29, 0.717) is 11.8 Å². The van der Waals surface area contributed by atoms with Crippen molar-refractivity contribution < 1.29 is 4.79 Å². The molecule has 1 aromatic carbocycles. The number of hydrogen-bond donors (Lipinski definition) is 0. The molecule has 0 saturated carbocycles. The summed E-state index contributed by atoms with van der Waals surface area (Å²) >= 11 is 0. The molecule has 0 atom stereocenters. The number of amides is 1. The van der Waals surface area contributed by atoms with E-state index in [1.165, 1.54) is 22.4 Å². The number of carbonyl (C=O) groups is 1. The number of benzene rings is 1. The smallest absolute Gasteiger partial charge is 0.254 e. The van der Waals surface area contributed by atoms with Crippen LogP contribution in [0.3, 0.4) is 0 Å². The van der Waals surface area contributed by atoms with Gasteiger partial charge >= 0.3 is 0 Å². The molecule has 2 rings (SSSR count). The first kappa shape index (κ1) is 21.7. The van der Waals surface area contributed by atoms with Gasteiger partial charge in [0.2, 0.25) is 0 Å². The third-order valence-corrected chi connectivity index (χ3v) is 5.85. The summed E-state index contributed by atoms with van der Waals surface area (Å²) in [4.78, 5) is 15.8. The lowest BCUT2D eigenvalue weighted by molar-refractivity contribution is -0.116. The monoisotopic (exact) mass is 369 g/mol. The van der Waals surface area contributed by atoms with Gasteiger partial charge in [0.05, 0.1) is 5.69 Å². The van der Waals surface area contributed by atoms with Crippen molar-refractivity contribution in [3.63, 3.8) is 0 Å². The highest BCUT2D eigenvalue weighted by Gasteiger charge is 2.39. The van der Waals surface area contributed by atoms with Crippen LogP contribution in [-0.4, -0.2) is 12.5 Å². The molecular formula is C25H39NO. The van der Waals surface area contributed by atoms with Gasteiger partial charge in [-0.3, -0.25) is 4.79 Å².